The second kappa shape index (κ2) is 6.63. The second-order valence-electron chi connectivity index (χ2n) is 7.14. The van der Waals surface area contributed by atoms with Crippen LogP contribution in [0.15, 0.2) is 36.0 Å². The summed E-state index contributed by atoms with van der Waals surface area (Å²) in [5.74, 6) is -1.36. The van der Waals surface area contributed by atoms with Crippen LogP contribution in [-0.4, -0.2) is 58.3 Å². The maximum Gasteiger partial charge on any atom is 0.333 e. The van der Waals surface area contributed by atoms with E-state index in [0.29, 0.717) is 5.56 Å². The summed E-state index contributed by atoms with van der Waals surface area (Å²) < 4.78 is 1.80. The lowest BCUT2D eigenvalue weighted by Crippen LogP contribution is -2.52. The molecule has 0 spiro atoms. The molecular formula is C20H20N4O4. The van der Waals surface area contributed by atoms with Crippen molar-refractivity contribution in [3.8, 4) is 0 Å². The van der Waals surface area contributed by atoms with Gasteiger partial charge in [-0.3, -0.25) is 24.2 Å². The van der Waals surface area contributed by atoms with Crippen molar-refractivity contribution in [1.29, 1.82) is 0 Å². The molecule has 1 N–H and O–H groups in total. The van der Waals surface area contributed by atoms with E-state index in [-0.39, 0.29) is 24.1 Å². The van der Waals surface area contributed by atoms with Crippen LogP contribution in [0.25, 0.3) is 17.0 Å². The largest absolute Gasteiger partial charge is 0.352 e. The summed E-state index contributed by atoms with van der Waals surface area (Å²) in [4.78, 5) is 50.9. The van der Waals surface area contributed by atoms with Crippen molar-refractivity contribution in [2.45, 2.75) is 25.4 Å². The van der Waals surface area contributed by atoms with Crippen LogP contribution in [0.3, 0.4) is 0 Å². The first-order valence-electron chi connectivity index (χ1n) is 9.06. The number of nitrogens with zero attached hydrogens (tertiary/aromatic N) is 3. The zero-order valence-electron chi connectivity index (χ0n) is 15.6. The minimum atomic E-state index is -0.661. The Bertz CT molecular complexity index is 1020. The molecule has 1 aromatic carbocycles. The third-order valence-electron chi connectivity index (χ3n) is 5.02. The van der Waals surface area contributed by atoms with Crippen molar-refractivity contribution in [1.82, 2.24) is 19.7 Å². The van der Waals surface area contributed by atoms with Gasteiger partial charge in [0.25, 0.3) is 11.8 Å². The molecule has 1 aliphatic carbocycles. The van der Waals surface area contributed by atoms with Gasteiger partial charge in [0.15, 0.2) is 0 Å². The van der Waals surface area contributed by atoms with Gasteiger partial charge in [-0.15, -0.1) is 0 Å². The van der Waals surface area contributed by atoms with Crippen LogP contribution in [0.5, 0.6) is 0 Å². The van der Waals surface area contributed by atoms with Gasteiger partial charge < -0.3 is 9.88 Å². The van der Waals surface area contributed by atoms with Crippen LogP contribution in [-0.2, 0) is 20.9 Å². The predicted octanol–water partition coefficient (Wildman–Crippen LogP) is 1.35. The molecule has 8 nitrogen and oxygen atoms in total. The second-order valence-corrected chi connectivity index (χ2v) is 7.14. The number of nitrogens with one attached hydrogen (secondary N) is 1. The van der Waals surface area contributed by atoms with E-state index in [1.165, 1.54) is 20.2 Å². The van der Waals surface area contributed by atoms with Gasteiger partial charge in [0.05, 0.1) is 0 Å². The monoisotopic (exact) mass is 380 g/mol. The number of benzene rings is 1. The number of aromatic nitrogens is 1. The van der Waals surface area contributed by atoms with Crippen molar-refractivity contribution in [3.63, 3.8) is 0 Å². The average Bonchev–Trinajstić information content (AvgIpc) is 3.43. The lowest BCUT2D eigenvalue weighted by Gasteiger charge is -2.28. The highest BCUT2D eigenvalue weighted by atomic mass is 16.2. The molecule has 28 heavy (non-hydrogen) atoms. The van der Waals surface area contributed by atoms with Crippen molar-refractivity contribution in [2.24, 2.45) is 0 Å². The molecule has 4 rings (SSSR count). The third kappa shape index (κ3) is 3.06. The number of rotatable bonds is 4. The average molecular weight is 380 g/mol. The normalized spacial score (nSPS) is 17.5. The summed E-state index contributed by atoms with van der Waals surface area (Å²) in [6.45, 7) is 0.153. The number of carbonyl (C=O) groups is 4. The first-order chi connectivity index (χ1) is 13.4. The van der Waals surface area contributed by atoms with E-state index in [9.17, 15) is 19.2 Å². The van der Waals surface area contributed by atoms with E-state index < -0.39 is 17.8 Å². The maximum absolute atomic E-state index is 12.5. The molecule has 1 saturated carbocycles. The maximum atomic E-state index is 12.5. The van der Waals surface area contributed by atoms with Crippen molar-refractivity contribution in [2.75, 3.05) is 14.1 Å². The highest BCUT2D eigenvalue weighted by Gasteiger charge is 2.38. The van der Waals surface area contributed by atoms with Gasteiger partial charge in [-0.25, -0.2) is 4.79 Å². The van der Waals surface area contributed by atoms with E-state index in [2.05, 4.69) is 5.32 Å². The summed E-state index contributed by atoms with van der Waals surface area (Å²) in [7, 11) is 2.68. The molecule has 2 fully saturated rings. The molecule has 5 amide bonds. The van der Waals surface area contributed by atoms with E-state index in [1.54, 1.807) is 10.8 Å². The number of fused-ring (bicyclic) bond motifs is 1. The predicted molar refractivity (Wildman–Crippen MR) is 102 cm³/mol. The fraction of sp³-hybridized carbons (Fsp3) is 0.300. The number of amides is 5. The fourth-order valence-corrected chi connectivity index (χ4v) is 3.31. The third-order valence-corrected chi connectivity index (χ3v) is 5.02. The zero-order valence-corrected chi connectivity index (χ0v) is 15.6. The summed E-state index contributed by atoms with van der Waals surface area (Å²) in [5.41, 5.74) is 1.38. The molecule has 0 bridgehead atoms. The minimum absolute atomic E-state index is 0.0719. The molecule has 1 aliphatic heterocycles. The Morgan fingerprint density at radius 2 is 1.75 bits per heavy atom. The Morgan fingerprint density at radius 3 is 2.39 bits per heavy atom. The Kier molecular flexibility index (Phi) is 4.26. The molecule has 0 radical (unpaired) electrons. The Balaban J connectivity index is 1.73. The minimum Gasteiger partial charge on any atom is -0.352 e. The van der Waals surface area contributed by atoms with E-state index >= 15 is 0 Å². The SMILES string of the molecule is CN1C(=O)C(=Cc2cn(CC(=O)NC3CC3)c3ccccc23)C(=O)N(C)C1=O. The molecule has 0 atom stereocenters. The van der Waals surface area contributed by atoms with E-state index in [1.807, 2.05) is 24.3 Å². The molecular weight excluding hydrogens is 360 g/mol. The Labute approximate surface area is 161 Å². The number of hydrogen-bond donors (Lipinski definition) is 1. The quantitative estimate of drug-likeness (QED) is 0.640. The molecule has 0 unspecified atom stereocenters. The standard InChI is InChI=1S/C20H20N4O4/c1-22-18(26)15(19(27)23(2)20(22)28)9-12-10-24(11-17(25)21-13-7-8-13)16-6-4-3-5-14(12)16/h3-6,9-10,13H,7-8,11H2,1-2H3,(H,21,25). The van der Waals surface area contributed by atoms with E-state index in [4.69, 9.17) is 0 Å². The lowest BCUT2D eigenvalue weighted by atomic mass is 10.1. The van der Waals surface area contributed by atoms with E-state index in [0.717, 1.165) is 33.5 Å². The van der Waals surface area contributed by atoms with Crippen LogP contribution < -0.4 is 5.32 Å². The number of urea groups is 1. The number of carbonyl (C=O) groups excluding carboxylic acids is 4. The smallest absolute Gasteiger partial charge is 0.333 e. The Hall–Kier alpha value is -3.42. The number of hydrogen-bond acceptors (Lipinski definition) is 4. The van der Waals surface area contributed by atoms with Crippen LogP contribution in [0.2, 0.25) is 0 Å². The zero-order chi connectivity index (χ0) is 20.0. The molecule has 2 heterocycles. The number of para-hydroxylation sites is 1. The fourth-order valence-electron chi connectivity index (χ4n) is 3.31. The Morgan fingerprint density at radius 1 is 1.11 bits per heavy atom. The summed E-state index contributed by atoms with van der Waals surface area (Å²) >= 11 is 0. The molecule has 2 aliphatic rings. The van der Waals surface area contributed by atoms with Gasteiger partial charge in [-0.1, -0.05) is 18.2 Å². The molecule has 8 heteroatoms. The lowest BCUT2D eigenvalue weighted by molar-refractivity contribution is -0.134. The summed E-state index contributed by atoms with van der Waals surface area (Å²) in [6.07, 6.45) is 5.27. The topological polar surface area (TPSA) is 91.7 Å². The van der Waals surface area contributed by atoms with Gasteiger partial charge in [0, 0.05) is 42.8 Å². The molecule has 1 aromatic heterocycles. The number of barbiturate groups is 1. The summed E-state index contributed by atoms with van der Waals surface area (Å²) in [5, 5.41) is 3.77. The summed E-state index contributed by atoms with van der Waals surface area (Å²) in [6, 6.07) is 7.08. The van der Waals surface area contributed by atoms with Gasteiger partial charge in [0.2, 0.25) is 5.91 Å². The molecule has 144 valence electrons. The van der Waals surface area contributed by atoms with Crippen molar-refractivity contribution < 1.29 is 19.2 Å². The van der Waals surface area contributed by atoms with Crippen LogP contribution in [0, 0.1) is 0 Å². The molecule has 2 aromatic rings. The first-order valence-corrected chi connectivity index (χ1v) is 9.06. The number of likely N-dealkylation sites (N-methyl/N-ethyl adjacent to an activating group) is 2. The van der Waals surface area contributed by atoms with Crippen LogP contribution in [0.1, 0.15) is 18.4 Å². The van der Waals surface area contributed by atoms with Crippen LogP contribution in [0.4, 0.5) is 4.79 Å². The highest BCUT2D eigenvalue weighted by molar-refractivity contribution is 6.31. The highest BCUT2D eigenvalue weighted by Crippen LogP contribution is 2.26. The first kappa shape index (κ1) is 18.0. The van der Waals surface area contributed by atoms with Gasteiger partial charge in [0.1, 0.15) is 12.1 Å². The van der Waals surface area contributed by atoms with Gasteiger partial charge in [-0.05, 0) is 25.0 Å². The van der Waals surface area contributed by atoms with Gasteiger partial charge in [-0.2, -0.15) is 0 Å². The number of imide groups is 2. The van der Waals surface area contributed by atoms with Crippen molar-refractivity contribution >= 4 is 40.7 Å². The van der Waals surface area contributed by atoms with Crippen LogP contribution >= 0.6 is 0 Å². The van der Waals surface area contributed by atoms with Crippen molar-refractivity contribution in [3.05, 3.63) is 41.6 Å². The molecule has 1 saturated heterocycles. The van der Waals surface area contributed by atoms with Gasteiger partial charge >= 0.3 is 6.03 Å².